The number of carbonyl (C=O) groups excluding carboxylic acids is 3. The summed E-state index contributed by atoms with van der Waals surface area (Å²) in [4.78, 5) is 40.0. The van der Waals surface area contributed by atoms with Crippen molar-refractivity contribution in [2.75, 3.05) is 19.5 Å². The van der Waals surface area contributed by atoms with E-state index in [1.54, 1.807) is 37.3 Å². The third kappa shape index (κ3) is 5.09. The molecular formula is C25H18Cl4N2O5S. The molecule has 1 unspecified atom stereocenters. The average molecular weight is 600 g/mol. The third-order valence-electron chi connectivity index (χ3n) is 5.49. The van der Waals surface area contributed by atoms with Crippen molar-refractivity contribution < 1.29 is 23.9 Å². The summed E-state index contributed by atoms with van der Waals surface area (Å²) in [6.45, 7) is 1.73. The molecule has 0 radical (unpaired) electrons. The minimum Gasteiger partial charge on any atom is -0.464 e. The fourth-order valence-electron chi connectivity index (χ4n) is 3.86. The Hall–Kier alpha value is -2.62. The van der Waals surface area contributed by atoms with Gasteiger partial charge >= 0.3 is 11.9 Å². The summed E-state index contributed by atoms with van der Waals surface area (Å²) in [6, 6.07) is 9.43. The number of hydrogen-bond donors (Lipinski definition) is 1. The Morgan fingerprint density at radius 2 is 1.70 bits per heavy atom. The summed E-state index contributed by atoms with van der Waals surface area (Å²) < 4.78 is 11.3. The maximum atomic E-state index is 13.9. The number of nitrogens with two attached hydrogens (primary N) is 1. The van der Waals surface area contributed by atoms with Crippen molar-refractivity contribution in [3.8, 4) is 0 Å². The van der Waals surface area contributed by atoms with Crippen LogP contribution in [-0.2, 0) is 14.3 Å². The van der Waals surface area contributed by atoms with Crippen LogP contribution in [0.15, 0.2) is 36.4 Å². The highest BCUT2D eigenvalue weighted by Gasteiger charge is 2.39. The molecule has 7 nitrogen and oxygen atoms in total. The lowest BCUT2D eigenvalue weighted by Crippen LogP contribution is -2.42. The number of rotatable bonds is 5. The van der Waals surface area contributed by atoms with E-state index in [0.29, 0.717) is 26.2 Å². The first kappa shape index (κ1) is 27.4. The van der Waals surface area contributed by atoms with Crippen LogP contribution in [0.5, 0.6) is 0 Å². The van der Waals surface area contributed by atoms with Crippen LogP contribution in [0.1, 0.15) is 38.6 Å². The Balaban J connectivity index is 2.13. The molecule has 1 aromatic heterocycles. The second kappa shape index (κ2) is 11.0. The van der Waals surface area contributed by atoms with Gasteiger partial charge in [-0.1, -0.05) is 70.3 Å². The molecule has 0 saturated heterocycles. The maximum absolute atomic E-state index is 13.9. The summed E-state index contributed by atoms with van der Waals surface area (Å²) in [5.74, 6) is -2.14. The zero-order valence-corrected chi connectivity index (χ0v) is 23.2. The van der Waals surface area contributed by atoms with E-state index >= 15 is 0 Å². The number of nitrogen functional groups attached to an aromatic ring is 1. The first-order chi connectivity index (χ1) is 17.6. The molecule has 3 aromatic rings. The largest absolute Gasteiger partial charge is 0.464 e. The molecule has 0 spiro atoms. The Kier molecular flexibility index (Phi) is 8.16. The molecular weight excluding hydrogens is 582 g/mol. The third-order valence-corrected chi connectivity index (χ3v) is 7.90. The molecule has 0 amide bonds. The zero-order valence-electron chi connectivity index (χ0n) is 19.3. The highest BCUT2D eigenvalue weighted by molar-refractivity contribution is 8.10. The van der Waals surface area contributed by atoms with Crippen LogP contribution >= 0.6 is 58.2 Å². The number of anilines is 1. The lowest BCUT2D eigenvalue weighted by molar-refractivity contribution is -0.135. The van der Waals surface area contributed by atoms with Crippen LogP contribution in [0.25, 0.3) is 11.0 Å². The van der Waals surface area contributed by atoms with Gasteiger partial charge in [0, 0.05) is 25.3 Å². The number of fused-ring (bicyclic) bond motifs is 1. The van der Waals surface area contributed by atoms with E-state index in [0.717, 1.165) is 23.4 Å². The lowest BCUT2D eigenvalue weighted by Gasteiger charge is -2.24. The number of nitrogens with zero attached hydrogens (tertiary/aromatic N) is 1. The van der Waals surface area contributed by atoms with E-state index in [-0.39, 0.29) is 38.5 Å². The topological polar surface area (TPSA) is 101 Å². The van der Waals surface area contributed by atoms with E-state index in [9.17, 15) is 14.4 Å². The van der Waals surface area contributed by atoms with Crippen LogP contribution in [0.2, 0.25) is 20.1 Å². The number of carbonyl (C=O) groups is 3. The van der Waals surface area contributed by atoms with Crippen LogP contribution in [0.3, 0.4) is 0 Å². The van der Waals surface area contributed by atoms with E-state index in [2.05, 4.69) is 0 Å². The predicted molar refractivity (Wildman–Crippen MR) is 147 cm³/mol. The summed E-state index contributed by atoms with van der Waals surface area (Å²) >= 11 is 25.8. The molecule has 192 valence electrons. The molecule has 0 fully saturated rings. The number of benzene rings is 2. The first-order valence-electron chi connectivity index (χ1n) is 10.7. The van der Waals surface area contributed by atoms with Gasteiger partial charge in [-0.2, -0.15) is 0 Å². The highest BCUT2D eigenvalue weighted by atomic mass is 35.5. The SMILES string of the molecule is CCOC(=O)C1=c2/c(=C/c3ccc(Cl)cc3Cl)c(N)c(C(=O)OC)n2C(=O)C(c2ccc(Cl)cc2Cl)S1. The number of aromatic nitrogens is 1. The van der Waals surface area contributed by atoms with Gasteiger partial charge in [0.1, 0.15) is 10.2 Å². The summed E-state index contributed by atoms with van der Waals surface area (Å²) in [5.41, 5.74) is 6.99. The molecule has 1 aliphatic heterocycles. The Labute approximate surface area is 235 Å². The molecule has 0 bridgehead atoms. The molecule has 12 heteroatoms. The van der Waals surface area contributed by atoms with Crippen molar-refractivity contribution in [2.45, 2.75) is 12.2 Å². The molecule has 4 rings (SSSR count). The van der Waals surface area contributed by atoms with Gasteiger partial charge in [0.05, 0.1) is 24.8 Å². The molecule has 2 heterocycles. The second-order valence-electron chi connectivity index (χ2n) is 7.71. The van der Waals surface area contributed by atoms with Gasteiger partial charge in [-0.3, -0.25) is 9.36 Å². The van der Waals surface area contributed by atoms with E-state index in [1.807, 2.05) is 0 Å². The van der Waals surface area contributed by atoms with E-state index < -0.39 is 23.1 Å². The van der Waals surface area contributed by atoms with Gasteiger partial charge < -0.3 is 15.2 Å². The molecule has 2 aromatic carbocycles. The standard InChI is InChI=1S/C25H18Cl4N2O5S/c1-3-36-25(34)22-19-15(8-11-4-5-12(26)9-16(11)28)18(30)20(24(33)35-2)31(19)23(32)21(37-22)14-7-6-13(27)10-17(14)29/h4-10,21H,3,30H2,1-2H3/b15-8+. The van der Waals surface area contributed by atoms with Gasteiger partial charge in [-0.05, 0) is 48.4 Å². The monoisotopic (exact) mass is 598 g/mol. The summed E-state index contributed by atoms with van der Waals surface area (Å²) in [7, 11) is 1.16. The minimum atomic E-state index is -1.01. The van der Waals surface area contributed by atoms with Crippen molar-refractivity contribution in [1.29, 1.82) is 0 Å². The number of esters is 2. The highest BCUT2D eigenvalue weighted by Crippen LogP contribution is 2.42. The van der Waals surface area contributed by atoms with Crippen molar-refractivity contribution in [3.05, 3.63) is 83.9 Å². The van der Waals surface area contributed by atoms with Gasteiger partial charge in [-0.15, -0.1) is 0 Å². The van der Waals surface area contributed by atoms with Gasteiger partial charge in [0.15, 0.2) is 5.69 Å². The lowest BCUT2D eigenvalue weighted by atomic mass is 10.1. The predicted octanol–water partition coefficient (Wildman–Crippen LogP) is 5.10. The van der Waals surface area contributed by atoms with Crippen LogP contribution in [0.4, 0.5) is 5.69 Å². The van der Waals surface area contributed by atoms with Crippen molar-refractivity contribution in [1.82, 2.24) is 4.57 Å². The Morgan fingerprint density at radius 1 is 1.05 bits per heavy atom. The van der Waals surface area contributed by atoms with Crippen molar-refractivity contribution in [2.24, 2.45) is 0 Å². The van der Waals surface area contributed by atoms with Crippen LogP contribution in [-0.4, -0.2) is 36.1 Å². The Bertz CT molecular complexity index is 1580. The molecule has 1 atom stereocenters. The molecule has 0 saturated carbocycles. The van der Waals surface area contributed by atoms with Gasteiger partial charge in [0.2, 0.25) is 5.91 Å². The molecule has 37 heavy (non-hydrogen) atoms. The van der Waals surface area contributed by atoms with Crippen LogP contribution in [0, 0.1) is 0 Å². The van der Waals surface area contributed by atoms with E-state index in [1.165, 1.54) is 12.1 Å². The fraction of sp³-hybridized carbons (Fsp3) is 0.160. The smallest absolute Gasteiger partial charge is 0.357 e. The van der Waals surface area contributed by atoms with Crippen LogP contribution < -0.4 is 16.3 Å². The number of halogens is 4. The number of hydrogen-bond acceptors (Lipinski definition) is 7. The first-order valence-corrected chi connectivity index (χ1v) is 13.1. The quantitative estimate of drug-likeness (QED) is 0.407. The maximum Gasteiger partial charge on any atom is 0.357 e. The molecule has 2 N–H and O–H groups in total. The number of thioether (sulfide) groups is 1. The average Bonchev–Trinajstić information content (AvgIpc) is 3.13. The van der Waals surface area contributed by atoms with E-state index in [4.69, 9.17) is 61.6 Å². The normalized spacial score (nSPS) is 15.5. The second-order valence-corrected chi connectivity index (χ2v) is 10.5. The number of methoxy groups -OCH3 is 1. The number of ether oxygens (including phenoxy) is 2. The summed E-state index contributed by atoms with van der Waals surface area (Å²) in [6.07, 6.45) is 1.56. The van der Waals surface area contributed by atoms with Gasteiger partial charge in [0.25, 0.3) is 0 Å². The van der Waals surface area contributed by atoms with Gasteiger partial charge in [-0.25, -0.2) is 9.59 Å². The van der Waals surface area contributed by atoms with Crippen molar-refractivity contribution >= 4 is 92.7 Å². The Morgan fingerprint density at radius 3 is 2.30 bits per heavy atom. The fourth-order valence-corrected chi connectivity index (χ4v) is 6.15. The summed E-state index contributed by atoms with van der Waals surface area (Å²) in [5, 5.41) is 0.576. The molecule has 1 aliphatic rings. The van der Waals surface area contributed by atoms with Crippen molar-refractivity contribution in [3.63, 3.8) is 0 Å². The zero-order chi connectivity index (χ0) is 27.0. The molecule has 0 aliphatic carbocycles. The minimum absolute atomic E-state index is 0.0515.